The molecule has 0 saturated carbocycles. The van der Waals surface area contributed by atoms with Crippen LogP contribution in [0.4, 0.5) is 10.1 Å². The van der Waals surface area contributed by atoms with E-state index in [-0.39, 0.29) is 5.56 Å². The maximum atomic E-state index is 13.6. The van der Waals surface area contributed by atoms with E-state index < -0.39 is 11.8 Å². The SMILES string of the molecule is C=CCCCN(C)c1ccc(C(=O)O)cc1F. The molecule has 0 saturated heterocycles. The summed E-state index contributed by atoms with van der Waals surface area (Å²) in [4.78, 5) is 12.4. The number of allylic oxidation sites excluding steroid dienone is 1. The molecule has 0 heterocycles. The van der Waals surface area contributed by atoms with E-state index in [4.69, 9.17) is 5.11 Å². The number of carbonyl (C=O) groups is 1. The lowest BCUT2D eigenvalue weighted by Gasteiger charge is -2.19. The molecule has 0 aliphatic rings. The fourth-order valence-corrected chi connectivity index (χ4v) is 1.54. The summed E-state index contributed by atoms with van der Waals surface area (Å²) in [6, 6.07) is 3.94. The third-order valence-corrected chi connectivity index (χ3v) is 2.51. The Morgan fingerprint density at radius 1 is 1.59 bits per heavy atom. The molecule has 4 heteroatoms. The van der Waals surface area contributed by atoms with Crippen molar-refractivity contribution in [2.45, 2.75) is 12.8 Å². The van der Waals surface area contributed by atoms with Crippen molar-refractivity contribution in [2.75, 3.05) is 18.5 Å². The minimum Gasteiger partial charge on any atom is -0.478 e. The second kappa shape index (κ2) is 6.03. The van der Waals surface area contributed by atoms with Gasteiger partial charge in [-0.05, 0) is 31.0 Å². The molecule has 0 radical (unpaired) electrons. The molecular weight excluding hydrogens is 221 g/mol. The molecule has 0 bridgehead atoms. The molecule has 0 fully saturated rings. The number of anilines is 1. The van der Waals surface area contributed by atoms with E-state index in [0.29, 0.717) is 12.2 Å². The van der Waals surface area contributed by atoms with Gasteiger partial charge in [0.15, 0.2) is 0 Å². The van der Waals surface area contributed by atoms with Crippen LogP contribution >= 0.6 is 0 Å². The number of carboxylic acids is 1. The fourth-order valence-electron chi connectivity index (χ4n) is 1.54. The molecule has 0 aliphatic heterocycles. The largest absolute Gasteiger partial charge is 0.478 e. The van der Waals surface area contributed by atoms with Gasteiger partial charge in [0.05, 0.1) is 11.3 Å². The second-order valence-electron chi connectivity index (χ2n) is 3.82. The Kier molecular flexibility index (Phi) is 4.69. The molecule has 0 aromatic heterocycles. The predicted octanol–water partition coefficient (Wildman–Crippen LogP) is 2.93. The lowest BCUT2D eigenvalue weighted by molar-refractivity contribution is 0.0696. The van der Waals surface area contributed by atoms with Crippen LogP contribution in [0.2, 0.25) is 0 Å². The van der Waals surface area contributed by atoms with Crippen molar-refractivity contribution in [3.05, 3.63) is 42.2 Å². The van der Waals surface area contributed by atoms with Gasteiger partial charge in [-0.25, -0.2) is 9.18 Å². The number of hydrogen-bond donors (Lipinski definition) is 1. The van der Waals surface area contributed by atoms with E-state index in [9.17, 15) is 9.18 Å². The van der Waals surface area contributed by atoms with Gasteiger partial charge in [0, 0.05) is 13.6 Å². The van der Waals surface area contributed by atoms with Crippen LogP contribution in [-0.2, 0) is 0 Å². The number of rotatable bonds is 6. The molecule has 0 unspecified atom stereocenters. The zero-order valence-electron chi connectivity index (χ0n) is 9.82. The summed E-state index contributed by atoms with van der Waals surface area (Å²) in [7, 11) is 1.78. The average Bonchev–Trinajstić information content (AvgIpc) is 2.28. The molecule has 1 aromatic rings. The summed E-state index contributed by atoms with van der Waals surface area (Å²) in [6.45, 7) is 4.32. The first-order chi connectivity index (χ1) is 8.06. The number of nitrogens with zero attached hydrogens (tertiary/aromatic N) is 1. The van der Waals surface area contributed by atoms with Gasteiger partial charge < -0.3 is 10.0 Å². The van der Waals surface area contributed by atoms with E-state index >= 15 is 0 Å². The van der Waals surface area contributed by atoms with Crippen molar-refractivity contribution in [3.8, 4) is 0 Å². The van der Waals surface area contributed by atoms with Crippen LogP contribution < -0.4 is 4.90 Å². The van der Waals surface area contributed by atoms with Gasteiger partial charge in [-0.1, -0.05) is 6.08 Å². The average molecular weight is 237 g/mol. The summed E-state index contributed by atoms with van der Waals surface area (Å²) in [6.07, 6.45) is 3.58. The Morgan fingerprint density at radius 2 is 2.29 bits per heavy atom. The smallest absolute Gasteiger partial charge is 0.335 e. The standard InChI is InChI=1S/C13H16FNO2/c1-3-4-5-8-15(2)12-7-6-10(13(16)17)9-11(12)14/h3,6-7,9H,1,4-5,8H2,2H3,(H,16,17). The molecule has 3 nitrogen and oxygen atoms in total. The van der Waals surface area contributed by atoms with Crippen molar-refractivity contribution in [1.29, 1.82) is 0 Å². The van der Waals surface area contributed by atoms with Crippen LogP contribution in [0.5, 0.6) is 0 Å². The normalized spacial score (nSPS) is 10.0. The minimum atomic E-state index is -1.12. The summed E-state index contributed by atoms with van der Waals surface area (Å²) in [5.41, 5.74) is 0.379. The molecule has 1 N–H and O–H groups in total. The lowest BCUT2D eigenvalue weighted by Crippen LogP contribution is -2.19. The summed E-state index contributed by atoms with van der Waals surface area (Å²) >= 11 is 0. The van der Waals surface area contributed by atoms with Gasteiger partial charge in [0.2, 0.25) is 0 Å². The quantitative estimate of drug-likeness (QED) is 0.611. The Morgan fingerprint density at radius 3 is 2.82 bits per heavy atom. The molecule has 1 aromatic carbocycles. The Labute approximate surface area is 100 Å². The third-order valence-electron chi connectivity index (χ3n) is 2.51. The minimum absolute atomic E-state index is 0.0364. The van der Waals surface area contributed by atoms with Gasteiger partial charge in [-0.15, -0.1) is 6.58 Å². The number of halogens is 1. The monoisotopic (exact) mass is 237 g/mol. The van der Waals surface area contributed by atoms with Crippen LogP contribution in [0.25, 0.3) is 0 Å². The Balaban J connectivity index is 2.77. The van der Waals surface area contributed by atoms with Gasteiger partial charge in [-0.2, -0.15) is 0 Å². The van der Waals surface area contributed by atoms with Crippen molar-refractivity contribution in [1.82, 2.24) is 0 Å². The van der Waals surface area contributed by atoms with Crippen molar-refractivity contribution in [2.24, 2.45) is 0 Å². The van der Waals surface area contributed by atoms with Crippen molar-refractivity contribution >= 4 is 11.7 Å². The second-order valence-corrected chi connectivity index (χ2v) is 3.82. The Hall–Kier alpha value is -1.84. The van der Waals surface area contributed by atoms with Gasteiger partial charge in [0.25, 0.3) is 0 Å². The third kappa shape index (κ3) is 3.59. The zero-order chi connectivity index (χ0) is 12.8. The van der Waals surface area contributed by atoms with Crippen molar-refractivity contribution in [3.63, 3.8) is 0 Å². The number of aromatic carboxylic acids is 1. The van der Waals surface area contributed by atoms with Gasteiger partial charge in [0.1, 0.15) is 5.82 Å². The van der Waals surface area contributed by atoms with Crippen LogP contribution in [0, 0.1) is 5.82 Å². The maximum Gasteiger partial charge on any atom is 0.335 e. The number of unbranched alkanes of at least 4 members (excludes halogenated alkanes) is 1. The van der Waals surface area contributed by atoms with E-state index in [1.54, 1.807) is 11.9 Å². The van der Waals surface area contributed by atoms with E-state index in [1.807, 2.05) is 6.08 Å². The van der Waals surface area contributed by atoms with E-state index in [1.165, 1.54) is 12.1 Å². The molecule has 92 valence electrons. The van der Waals surface area contributed by atoms with Crippen LogP contribution in [0.15, 0.2) is 30.9 Å². The highest BCUT2D eigenvalue weighted by Crippen LogP contribution is 2.19. The first-order valence-corrected chi connectivity index (χ1v) is 5.41. The molecule has 0 spiro atoms. The first kappa shape index (κ1) is 13.2. The maximum absolute atomic E-state index is 13.6. The van der Waals surface area contributed by atoms with Crippen LogP contribution in [-0.4, -0.2) is 24.7 Å². The number of benzene rings is 1. The molecule has 17 heavy (non-hydrogen) atoms. The van der Waals surface area contributed by atoms with Gasteiger partial charge in [-0.3, -0.25) is 0 Å². The van der Waals surface area contributed by atoms with E-state index in [0.717, 1.165) is 18.9 Å². The topological polar surface area (TPSA) is 40.5 Å². The summed E-state index contributed by atoms with van der Waals surface area (Å²) in [5.74, 6) is -1.63. The summed E-state index contributed by atoms with van der Waals surface area (Å²) in [5, 5.41) is 8.72. The lowest BCUT2D eigenvalue weighted by atomic mass is 10.2. The predicted molar refractivity (Wildman–Crippen MR) is 66.1 cm³/mol. The molecule has 0 aliphatic carbocycles. The van der Waals surface area contributed by atoms with E-state index in [2.05, 4.69) is 6.58 Å². The molecule has 0 atom stereocenters. The number of hydrogen-bond acceptors (Lipinski definition) is 2. The van der Waals surface area contributed by atoms with Crippen molar-refractivity contribution < 1.29 is 14.3 Å². The highest BCUT2D eigenvalue weighted by Gasteiger charge is 2.10. The highest BCUT2D eigenvalue weighted by atomic mass is 19.1. The highest BCUT2D eigenvalue weighted by molar-refractivity contribution is 5.88. The molecular formula is C13H16FNO2. The molecule has 1 rings (SSSR count). The molecule has 0 amide bonds. The zero-order valence-corrected chi connectivity index (χ0v) is 9.82. The van der Waals surface area contributed by atoms with Gasteiger partial charge >= 0.3 is 5.97 Å². The van der Waals surface area contributed by atoms with Crippen LogP contribution in [0.3, 0.4) is 0 Å². The summed E-state index contributed by atoms with van der Waals surface area (Å²) < 4.78 is 13.6. The number of carboxylic acid groups (broad SMARTS) is 1. The Bertz CT molecular complexity index is 418. The fraction of sp³-hybridized carbons (Fsp3) is 0.308. The van der Waals surface area contributed by atoms with Crippen LogP contribution in [0.1, 0.15) is 23.2 Å². The first-order valence-electron chi connectivity index (χ1n) is 5.41.